The van der Waals surface area contributed by atoms with Gasteiger partial charge in [-0.05, 0) is 11.1 Å². The number of carbonyl (C=O) groups excluding carboxylic acids is 1. The van der Waals surface area contributed by atoms with E-state index < -0.39 is 0 Å². The second kappa shape index (κ2) is 2.89. The van der Waals surface area contributed by atoms with Crippen molar-refractivity contribution in [3.8, 4) is 0 Å². The van der Waals surface area contributed by atoms with Crippen molar-refractivity contribution in [2.75, 3.05) is 0 Å². The van der Waals surface area contributed by atoms with Crippen LogP contribution in [0.1, 0.15) is 17.0 Å². The molecule has 1 aromatic carbocycles. The summed E-state index contributed by atoms with van der Waals surface area (Å²) in [7, 11) is 0. The van der Waals surface area contributed by atoms with Crippen molar-refractivity contribution in [2.24, 2.45) is 4.99 Å². The predicted octanol–water partition coefficient (Wildman–Crippen LogP) is 1.55. The Hall–Kier alpha value is -1.44. The molecule has 0 fully saturated rings. The first-order chi connectivity index (χ1) is 5.92. The Bertz CT molecular complexity index is 330. The van der Waals surface area contributed by atoms with E-state index in [9.17, 15) is 4.79 Å². The van der Waals surface area contributed by atoms with Gasteiger partial charge >= 0.3 is 0 Å². The van der Waals surface area contributed by atoms with Crippen LogP contribution in [0.25, 0.3) is 0 Å². The molecule has 0 bridgehead atoms. The molecule has 2 nitrogen and oxygen atoms in total. The highest BCUT2D eigenvalue weighted by molar-refractivity contribution is 5.89. The lowest BCUT2D eigenvalue weighted by atomic mass is 9.94. The topological polar surface area (TPSA) is 29.4 Å². The molecule has 0 aliphatic carbocycles. The van der Waals surface area contributed by atoms with E-state index in [4.69, 9.17) is 0 Å². The first kappa shape index (κ1) is 7.22. The lowest BCUT2D eigenvalue weighted by Crippen LogP contribution is -2.09. The number of hydrogen-bond acceptors (Lipinski definition) is 2. The second-order valence-corrected chi connectivity index (χ2v) is 2.85. The average Bonchev–Trinajstić information content (AvgIpc) is 2.17. The molecule has 0 aromatic heterocycles. The minimum atomic E-state index is -0.130. The molecule has 0 amide bonds. The fraction of sp³-hybridized carbons (Fsp3) is 0.200. The molecule has 60 valence electrons. The lowest BCUT2D eigenvalue weighted by molar-refractivity contribution is -0.107. The number of benzene rings is 1. The molecule has 1 unspecified atom stereocenters. The van der Waals surface area contributed by atoms with Crippen molar-refractivity contribution < 1.29 is 4.79 Å². The van der Waals surface area contributed by atoms with Crippen molar-refractivity contribution in [1.29, 1.82) is 0 Å². The van der Waals surface area contributed by atoms with Gasteiger partial charge < -0.3 is 4.79 Å². The van der Waals surface area contributed by atoms with E-state index >= 15 is 0 Å². The number of aliphatic imine (C=N–C) groups is 1. The van der Waals surface area contributed by atoms with Crippen molar-refractivity contribution in [1.82, 2.24) is 0 Å². The number of rotatable bonds is 1. The minimum absolute atomic E-state index is 0.130. The summed E-state index contributed by atoms with van der Waals surface area (Å²) in [6, 6.07) is 7.93. The zero-order valence-electron chi connectivity index (χ0n) is 6.60. The summed E-state index contributed by atoms with van der Waals surface area (Å²) in [6.07, 6.45) is 2.65. The highest BCUT2D eigenvalue weighted by atomic mass is 16.1. The van der Waals surface area contributed by atoms with E-state index in [1.54, 1.807) is 6.21 Å². The maximum atomic E-state index is 10.6. The Labute approximate surface area is 70.9 Å². The Morgan fingerprint density at radius 3 is 3.08 bits per heavy atom. The molecule has 0 spiro atoms. The van der Waals surface area contributed by atoms with Crippen LogP contribution < -0.4 is 0 Å². The minimum Gasteiger partial charge on any atom is -0.302 e. The van der Waals surface area contributed by atoms with Gasteiger partial charge in [0.15, 0.2) is 0 Å². The molecule has 0 saturated carbocycles. The van der Waals surface area contributed by atoms with Gasteiger partial charge in [0.05, 0.1) is 12.5 Å². The zero-order chi connectivity index (χ0) is 8.39. The Morgan fingerprint density at radius 2 is 2.25 bits per heavy atom. The van der Waals surface area contributed by atoms with Crippen LogP contribution in [0, 0.1) is 0 Å². The number of aldehydes is 1. The van der Waals surface area contributed by atoms with E-state index in [1.807, 2.05) is 24.3 Å². The average molecular weight is 159 g/mol. The normalized spacial score (nSPS) is 20.2. The number of nitrogens with zero attached hydrogens (tertiary/aromatic N) is 1. The van der Waals surface area contributed by atoms with Crippen LogP contribution in [0.5, 0.6) is 0 Å². The summed E-state index contributed by atoms with van der Waals surface area (Å²) in [5.41, 5.74) is 2.26. The SMILES string of the molecule is O=CC1C=NCc2ccccc21. The van der Waals surface area contributed by atoms with Gasteiger partial charge in [0.25, 0.3) is 0 Å². The van der Waals surface area contributed by atoms with Crippen LogP contribution in [0.4, 0.5) is 0 Å². The van der Waals surface area contributed by atoms with Crippen molar-refractivity contribution >= 4 is 12.5 Å². The summed E-state index contributed by atoms with van der Waals surface area (Å²) in [6.45, 7) is 0.709. The molecule has 2 rings (SSSR count). The van der Waals surface area contributed by atoms with E-state index in [0.717, 1.165) is 17.4 Å². The Morgan fingerprint density at radius 1 is 1.42 bits per heavy atom. The van der Waals surface area contributed by atoms with Gasteiger partial charge in [0, 0.05) is 6.21 Å². The molecule has 1 aromatic rings. The quantitative estimate of drug-likeness (QED) is 0.572. The van der Waals surface area contributed by atoms with Crippen molar-refractivity contribution in [2.45, 2.75) is 12.5 Å². The van der Waals surface area contributed by atoms with Crippen LogP contribution in [0.3, 0.4) is 0 Å². The first-order valence-corrected chi connectivity index (χ1v) is 3.95. The van der Waals surface area contributed by atoms with Gasteiger partial charge in [-0.3, -0.25) is 4.99 Å². The smallest absolute Gasteiger partial charge is 0.132 e. The summed E-state index contributed by atoms with van der Waals surface area (Å²) in [5, 5.41) is 0. The molecule has 2 heteroatoms. The summed E-state index contributed by atoms with van der Waals surface area (Å²) in [4.78, 5) is 14.7. The van der Waals surface area contributed by atoms with Gasteiger partial charge in [0.2, 0.25) is 0 Å². The van der Waals surface area contributed by atoms with Crippen LogP contribution in [0.15, 0.2) is 29.3 Å². The number of hydrogen-bond donors (Lipinski definition) is 0. The van der Waals surface area contributed by atoms with Crippen LogP contribution in [-0.4, -0.2) is 12.5 Å². The lowest BCUT2D eigenvalue weighted by Gasteiger charge is -2.14. The van der Waals surface area contributed by atoms with E-state index in [2.05, 4.69) is 4.99 Å². The molecule has 1 aliphatic rings. The Balaban J connectivity index is 2.49. The fourth-order valence-corrected chi connectivity index (χ4v) is 1.46. The fourth-order valence-electron chi connectivity index (χ4n) is 1.46. The summed E-state index contributed by atoms with van der Waals surface area (Å²) < 4.78 is 0. The standard InChI is InChI=1S/C10H9NO/c12-7-9-6-11-5-8-3-1-2-4-10(8)9/h1-4,6-7,9H,5H2. The molecule has 0 N–H and O–H groups in total. The highest BCUT2D eigenvalue weighted by Crippen LogP contribution is 2.21. The zero-order valence-corrected chi connectivity index (χ0v) is 6.60. The molecule has 1 atom stereocenters. The number of fused-ring (bicyclic) bond motifs is 1. The third kappa shape index (κ3) is 1.05. The van der Waals surface area contributed by atoms with Crippen LogP contribution >= 0.6 is 0 Å². The Kier molecular flexibility index (Phi) is 1.74. The molecular formula is C10H9NO. The van der Waals surface area contributed by atoms with Crippen molar-refractivity contribution in [3.05, 3.63) is 35.4 Å². The maximum Gasteiger partial charge on any atom is 0.132 e. The highest BCUT2D eigenvalue weighted by Gasteiger charge is 2.14. The molecule has 1 aliphatic heterocycles. The van der Waals surface area contributed by atoms with Gasteiger partial charge in [-0.2, -0.15) is 0 Å². The third-order valence-corrected chi connectivity index (χ3v) is 2.09. The number of carbonyl (C=O) groups is 1. The molecule has 0 radical (unpaired) electrons. The van der Waals surface area contributed by atoms with Gasteiger partial charge in [0.1, 0.15) is 6.29 Å². The van der Waals surface area contributed by atoms with E-state index in [1.165, 1.54) is 0 Å². The predicted molar refractivity (Wildman–Crippen MR) is 47.4 cm³/mol. The van der Waals surface area contributed by atoms with E-state index in [0.29, 0.717) is 6.54 Å². The van der Waals surface area contributed by atoms with Gasteiger partial charge in [-0.1, -0.05) is 24.3 Å². The van der Waals surface area contributed by atoms with E-state index in [-0.39, 0.29) is 5.92 Å². The molecule has 1 heterocycles. The monoisotopic (exact) mass is 159 g/mol. The maximum absolute atomic E-state index is 10.6. The third-order valence-electron chi connectivity index (χ3n) is 2.09. The van der Waals surface area contributed by atoms with Crippen LogP contribution in [-0.2, 0) is 11.3 Å². The largest absolute Gasteiger partial charge is 0.302 e. The summed E-state index contributed by atoms with van der Waals surface area (Å²) in [5.74, 6) is -0.130. The first-order valence-electron chi connectivity index (χ1n) is 3.95. The summed E-state index contributed by atoms with van der Waals surface area (Å²) >= 11 is 0. The van der Waals surface area contributed by atoms with Gasteiger partial charge in [-0.15, -0.1) is 0 Å². The van der Waals surface area contributed by atoms with Gasteiger partial charge in [-0.25, -0.2) is 0 Å². The molecular weight excluding hydrogens is 150 g/mol. The molecule has 12 heavy (non-hydrogen) atoms. The van der Waals surface area contributed by atoms with Crippen molar-refractivity contribution in [3.63, 3.8) is 0 Å². The van der Waals surface area contributed by atoms with Crippen LogP contribution in [0.2, 0.25) is 0 Å². The molecule has 0 saturated heterocycles. The second-order valence-electron chi connectivity index (χ2n) is 2.85.